The van der Waals surface area contributed by atoms with E-state index in [1.165, 1.54) is 0 Å². The predicted molar refractivity (Wildman–Crippen MR) is 135 cm³/mol. The van der Waals surface area contributed by atoms with Crippen LogP contribution in [0.1, 0.15) is 26.2 Å². The number of hydrogen-bond donors (Lipinski definition) is 2. The molecule has 1 aliphatic carbocycles. The van der Waals surface area contributed by atoms with Gasteiger partial charge in [-0.1, -0.05) is 11.6 Å². The Bertz CT molecular complexity index is 1130. The van der Waals surface area contributed by atoms with Gasteiger partial charge in [-0.2, -0.15) is 0 Å². The number of piperazine rings is 1. The van der Waals surface area contributed by atoms with Crippen LogP contribution in [-0.4, -0.2) is 85.1 Å². The van der Waals surface area contributed by atoms with Crippen molar-refractivity contribution in [3.8, 4) is 0 Å². The first-order valence-electron chi connectivity index (χ1n) is 12.6. The SMILES string of the molecule is C[C@@]1(N2CCN(c3cc4cc(NC(=O)[C@H]5C[C@]56CCCOC6)ncc4cc3Cl)CC2)COC[C@@H]1O. The molecular weight excluding hydrogens is 468 g/mol. The van der Waals surface area contributed by atoms with Gasteiger partial charge in [0.15, 0.2) is 0 Å². The van der Waals surface area contributed by atoms with Crippen LogP contribution < -0.4 is 10.2 Å². The summed E-state index contributed by atoms with van der Waals surface area (Å²) in [5.74, 6) is 0.629. The fraction of sp³-hybridized carbons (Fsp3) is 0.615. The zero-order valence-corrected chi connectivity index (χ0v) is 20.9. The van der Waals surface area contributed by atoms with E-state index in [-0.39, 0.29) is 22.8 Å². The van der Waals surface area contributed by atoms with Crippen LogP contribution in [0.25, 0.3) is 10.8 Å². The molecule has 0 bridgehead atoms. The number of ether oxygens (including phenoxy) is 2. The number of halogens is 1. The minimum atomic E-state index is -0.462. The third kappa shape index (κ3) is 4.19. The Morgan fingerprint density at radius 2 is 2.00 bits per heavy atom. The number of aromatic nitrogens is 1. The average molecular weight is 501 g/mol. The molecule has 0 radical (unpaired) electrons. The number of fused-ring (bicyclic) bond motifs is 1. The standard InChI is InChI=1S/C26H33ClN4O4/c1-25(15-35-14-22(25)32)31-6-4-30(5-7-31)21-10-17-11-23(28-13-18(17)9-20(21)27)29-24(33)19-12-26(19)3-2-8-34-16-26/h9-11,13,19,22,32H,2-8,12,14-16H2,1H3,(H,28,29,33)/t19-,22+,25-,26+/m1/s1. The number of anilines is 2. The second-order valence-corrected chi connectivity index (χ2v) is 11.3. The molecule has 0 unspecified atom stereocenters. The van der Waals surface area contributed by atoms with Gasteiger partial charge in [0.2, 0.25) is 5.91 Å². The second kappa shape index (κ2) is 8.85. The van der Waals surface area contributed by atoms with Crippen molar-refractivity contribution in [2.75, 3.05) is 62.8 Å². The summed E-state index contributed by atoms with van der Waals surface area (Å²) in [5.41, 5.74) is 0.693. The van der Waals surface area contributed by atoms with Crippen LogP contribution >= 0.6 is 11.6 Å². The molecule has 4 heterocycles. The number of rotatable bonds is 4. The molecule has 6 rings (SSSR count). The zero-order valence-electron chi connectivity index (χ0n) is 20.1. The van der Waals surface area contributed by atoms with Crippen molar-refractivity contribution < 1.29 is 19.4 Å². The van der Waals surface area contributed by atoms with Gasteiger partial charge in [-0.3, -0.25) is 9.69 Å². The third-order valence-electron chi connectivity index (χ3n) is 8.63. The molecule has 35 heavy (non-hydrogen) atoms. The molecule has 3 aliphatic heterocycles. The van der Waals surface area contributed by atoms with Crippen LogP contribution in [-0.2, 0) is 14.3 Å². The number of carbonyl (C=O) groups excluding carboxylic acids is 1. The molecule has 4 atom stereocenters. The quantitative estimate of drug-likeness (QED) is 0.667. The average Bonchev–Trinajstić information content (AvgIpc) is 3.44. The van der Waals surface area contributed by atoms with Gasteiger partial charge < -0.3 is 24.8 Å². The number of pyridine rings is 1. The molecule has 4 aliphatic rings. The Hall–Kier alpha value is -1.97. The molecule has 188 valence electrons. The Morgan fingerprint density at radius 1 is 1.17 bits per heavy atom. The van der Waals surface area contributed by atoms with Crippen molar-refractivity contribution in [2.24, 2.45) is 11.3 Å². The molecule has 2 N–H and O–H groups in total. The summed E-state index contributed by atoms with van der Waals surface area (Å²) in [4.78, 5) is 22.0. The minimum absolute atomic E-state index is 0.0167. The summed E-state index contributed by atoms with van der Waals surface area (Å²) in [6, 6.07) is 5.97. The molecule has 9 heteroatoms. The first-order chi connectivity index (χ1) is 16.9. The van der Waals surface area contributed by atoms with Crippen LogP contribution in [0.4, 0.5) is 11.5 Å². The highest BCUT2D eigenvalue weighted by Gasteiger charge is 2.58. The lowest BCUT2D eigenvalue weighted by Gasteiger charge is -2.45. The van der Waals surface area contributed by atoms with E-state index >= 15 is 0 Å². The van der Waals surface area contributed by atoms with E-state index < -0.39 is 6.10 Å². The fourth-order valence-corrected chi connectivity index (χ4v) is 6.41. The van der Waals surface area contributed by atoms with E-state index in [0.717, 1.165) is 68.5 Å². The molecular formula is C26H33ClN4O4. The number of nitrogens with zero attached hydrogens (tertiary/aromatic N) is 3. The lowest BCUT2D eigenvalue weighted by Crippen LogP contribution is -2.60. The first kappa shape index (κ1) is 23.4. The highest BCUT2D eigenvalue weighted by molar-refractivity contribution is 6.34. The Labute approximate surface area is 210 Å². The van der Waals surface area contributed by atoms with Gasteiger partial charge in [0.25, 0.3) is 0 Å². The van der Waals surface area contributed by atoms with Crippen LogP contribution in [0.5, 0.6) is 0 Å². The first-order valence-corrected chi connectivity index (χ1v) is 13.0. The molecule has 2 aromatic rings. The number of aliphatic hydroxyl groups is 1. The Kier molecular flexibility index (Phi) is 5.92. The molecule has 1 saturated carbocycles. The monoisotopic (exact) mass is 500 g/mol. The maximum atomic E-state index is 12.9. The Balaban J connectivity index is 1.15. The largest absolute Gasteiger partial charge is 0.389 e. The Morgan fingerprint density at radius 3 is 2.71 bits per heavy atom. The lowest BCUT2D eigenvalue weighted by atomic mass is 9.95. The molecule has 3 saturated heterocycles. The van der Waals surface area contributed by atoms with Crippen LogP contribution in [0.3, 0.4) is 0 Å². The molecule has 1 amide bonds. The summed E-state index contributed by atoms with van der Waals surface area (Å²) in [5, 5.41) is 16.1. The maximum Gasteiger partial charge on any atom is 0.229 e. The van der Waals surface area contributed by atoms with Gasteiger partial charge in [0.1, 0.15) is 5.82 Å². The summed E-state index contributed by atoms with van der Waals surface area (Å²) in [7, 11) is 0. The van der Waals surface area contributed by atoms with Gasteiger partial charge in [-0.25, -0.2) is 4.98 Å². The molecule has 1 aromatic heterocycles. The predicted octanol–water partition coefficient (Wildman–Crippen LogP) is 2.92. The van der Waals surface area contributed by atoms with Crippen molar-refractivity contribution in [1.29, 1.82) is 0 Å². The summed E-state index contributed by atoms with van der Waals surface area (Å²) < 4.78 is 11.2. The zero-order chi connectivity index (χ0) is 24.2. The summed E-state index contributed by atoms with van der Waals surface area (Å²) in [6.45, 7) is 7.82. The topological polar surface area (TPSA) is 87.2 Å². The highest BCUT2D eigenvalue weighted by Crippen LogP contribution is 2.57. The van der Waals surface area contributed by atoms with E-state index in [9.17, 15) is 9.90 Å². The number of nitrogens with one attached hydrogen (secondary N) is 1. The van der Waals surface area contributed by atoms with Crippen LogP contribution in [0.2, 0.25) is 5.02 Å². The van der Waals surface area contributed by atoms with Crippen molar-refractivity contribution in [3.05, 3.63) is 29.4 Å². The number of carbonyl (C=O) groups is 1. The molecule has 1 aromatic carbocycles. The maximum absolute atomic E-state index is 12.9. The highest BCUT2D eigenvalue weighted by atomic mass is 35.5. The summed E-state index contributed by atoms with van der Waals surface area (Å²) in [6.07, 6.45) is 4.31. The van der Waals surface area contributed by atoms with Crippen LogP contribution in [0, 0.1) is 11.3 Å². The van der Waals surface area contributed by atoms with E-state index in [1.807, 2.05) is 12.1 Å². The van der Waals surface area contributed by atoms with E-state index in [2.05, 4.69) is 33.1 Å². The summed E-state index contributed by atoms with van der Waals surface area (Å²) >= 11 is 6.68. The normalized spacial score (nSPS) is 33.4. The number of hydrogen-bond acceptors (Lipinski definition) is 7. The van der Waals surface area contributed by atoms with Gasteiger partial charge in [0, 0.05) is 55.7 Å². The van der Waals surface area contributed by atoms with Crippen molar-refractivity contribution >= 4 is 39.8 Å². The third-order valence-corrected chi connectivity index (χ3v) is 8.93. The van der Waals surface area contributed by atoms with Crippen molar-refractivity contribution in [3.63, 3.8) is 0 Å². The molecule has 4 fully saturated rings. The number of aliphatic hydroxyl groups excluding tert-OH is 1. The molecule has 1 spiro atoms. The lowest BCUT2D eigenvalue weighted by molar-refractivity contribution is -0.119. The van der Waals surface area contributed by atoms with E-state index in [0.29, 0.717) is 30.7 Å². The van der Waals surface area contributed by atoms with E-state index in [1.54, 1.807) is 6.20 Å². The van der Waals surface area contributed by atoms with Crippen molar-refractivity contribution in [2.45, 2.75) is 37.8 Å². The number of benzene rings is 1. The smallest absolute Gasteiger partial charge is 0.229 e. The van der Waals surface area contributed by atoms with Crippen molar-refractivity contribution in [1.82, 2.24) is 9.88 Å². The van der Waals surface area contributed by atoms with Gasteiger partial charge in [0.05, 0.1) is 42.2 Å². The molecule has 8 nitrogen and oxygen atoms in total. The second-order valence-electron chi connectivity index (χ2n) is 10.8. The van der Waals surface area contributed by atoms with Gasteiger partial charge >= 0.3 is 0 Å². The van der Waals surface area contributed by atoms with E-state index in [4.69, 9.17) is 21.1 Å². The van der Waals surface area contributed by atoms with Gasteiger partial charge in [-0.05, 0) is 49.8 Å². The van der Waals surface area contributed by atoms with Crippen LogP contribution in [0.15, 0.2) is 24.4 Å². The van der Waals surface area contributed by atoms with Gasteiger partial charge in [-0.15, -0.1) is 0 Å². The minimum Gasteiger partial charge on any atom is -0.389 e. The number of amides is 1. The fourth-order valence-electron chi connectivity index (χ4n) is 6.12.